The number of hydrogen-bond donors (Lipinski definition) is 0. The summed E-state index contributed by atoms with van der Waals surface area (Å²) in [5, 5.41) is -0.234. The summed E-state index contributed by atoms with van der Waals surface area (Å²) < 4.78 is 24.5. The maximum absolute atomic E-state index is 12.2. The number of Topliss-reactive ketones (excluding diaryl/α,β-unsaturated/α-hetero) is 1. The van der Waals surface area contributed by atoms with Gasteiger partial charge in [-0.05, 0) is 31.6 Å². The number of sulfone groups is 1. The van der Waals surface area contributed by atoms with E-state index in [0.717, 1.165) is 12.8 Å². The Hall–Kier alpha value is -0.380. The minimum Gasteiger partial charge on any atom is -0.300 e. The molecule has 0 aliphatic heterocycles. The van der Waals surface area contributed by atoms with Crippen LogP contribution in [0, 0.1) is 5.92 Å². The summed E-state index contributed by atoms with van der Waals surface area (Å²) in [6, 6.07) is 0. The molecule has 0 aromatic carbocycles. The fourth-order valence-electron chi connectivity index (χ4n) is 3.09. The van der Waals surface area contributed by atoms with E-state index in [9.17, 15) is 13.2 Å². The van der Waals surface area contributed by atoms with Gasteiger partial charge in [0.05, 0.1) is 11.0 Å². The third-order valence-corrected chi connectivity index (χ3v) is 6.61. The Balaban J connectivity index is 1.91. The molecule has 0 atom stereocenters. The molecule has 4 heteroatoms. The Morgan fingerprint density at radius 1 is 0.941 bits per heavy atom. The summed E-state index contributed by atoms with van der Waals surface area (Å²) in [5.41, 5.74) is 0. The highest BCUT2D eigenvalue weighted by Crippen LogP contribution is 2.29. The first-order chi connectivity index (χ1) is 8.08. The number of hydrogen-bond acceptors (Lipinski definition) is 3. The molecule has 2 rings (SSSR count). The monoisotopic (exact) mass is 258 g/mol. The molecule has 0 heterocycles. The maximum Gasteiger partial charge on any atom is 0.153 e. The number of rotatable bonds is 3. The van der Waals surface area contributed by atoms with Gasteiger partial charge in [-0.3, -0.25) is 4.79 Å². The molecule has 3 nitrogen and oxygen atoms in total. The zero-order valence-corrected chi connectivity index (χ0v) is 11.2. The molecule has 0 spiro atoms. The summed E-state index contributed by atoms with van der Waals surface area (Å²) >= 11 is 0. The molecule has 2 fully saturated rings. The van der Waals surface area contributed by atoms with E-state index in [-0.39, 0.29) is 11.0 Å². The predicted octanol–water partition coefficient (Wildman–Crippen LogP) is 2.49. The molecule has 98 valence electrons. The molecule has 0 amide bonds. The van der Waals surface area contributed by atoms with Crippen molar-refractivity contribution in [3.8, 4) is 0 Å². The number of carbonyl (C=O) groups is 1. The molecular weight excluding hydrogens is 236 g/mol. The van der Waals surface area contributed by atoms with Gasteiger partial charge in [-0.1, -0.05) is 19.3 Å². The normalized spacial score (nSPS) is 25.1. The summed E-state index contributed by atoms with van der Waals surface area (Å²) in [6.45, 7) is 0. The topological polar surface area (TPSA) is 51.2 Å². The Kier molecular flexibility index (Phi) is 4.23. The molecule has 0 aromatic heterocycles. The first kappa shape index (κ1) is 13.1. The number of ketones is 1. The fourth-order valence-corrected chi connectivity index (χ4v) is 5.31. The van der Waals surface area contributed by atoms with Crippen LogP contribution in [0.2, 0.25) is 0 Å². The van der Waals surface area contributed by atoms with Crippen LogP contribution in [0.25, 0.3) is 0 Å². The van der Waals surface area contributed by atoms with E-state index in [2.05, 4.69) is 0 Å². The molecule has 0 radical (unpaired) electrons. The molecule has 2 aliphatic carbocycles. The third kappa shape index (κ3) is 3.54. The van der Waals surface area contributed by atoms with Crippen LogP contribution in [0.3, 0.4) is 0 Å². The summed E-state index contributed by atoms with van der Waals surface area (Å²) in [4.78, 5) is 11.1. The van der Waals surface area contributed by atoms with E-state index >= 15 is 0 Å². The van der Waals surface area contributed by atoms with Crippen LogP contribution < -0.4 is 0 Å². The largest absolute Gasteiger partial charge is 0.300 e. The maximum atomic E-state index is 12.2. The highest BCUT2D eigenvalue weighted by atomic mass is 32.2. The van der Waals surface area contributed by atoms with Crippen molar-refractivity contribution in [1.82, 2.24) is 0 Å². The second kappa shape index (κ2) is 5.51. The Morgan fingerprint density at radius 2 is 1.53 bits per heavy atom. The van der Waals surface area contributed by atoms with Crippen LogP contribution in [0.5, 0.6) is 0 Å². The van der Waals surface area contributed by atoms with Gasteiger partial charge < -0.3 is 0 Å². The standard InChI is InChI=1S/C13H22O3S/c14-12-6-8-13(9-7-12)17(15,16)10-11-4-2-1-3-5-11/h11,13H,1-10H2. The van der Waals surface area contributed by atoms with Crippen LogP contribution in [0.15, 0.2) is 0 Å². The lowest BCUT2D eigenvalue weighted by atomic mass is 9.91. The summed E-state index contributed by atoms with van der Waals surface area (Å²) in [5.74, 6) is 0.978. The third-order valence-electron chi connectivity index (χ3n) is 4.19. The molecule has 2 saturated carbocycles. The van der Waals surface area contributed by atoms with Crippen LogP contribution in [0.4, 0.5) is 0 Å². The van der Waals surface area contributed by atoms with Crippen molar-refractivity contribution < 1.29 is 13.2 Å². The van der Waals surface area contributed by atoms with Gasteiger partial charge in [-0.25, -0.2) is 8.42 Å². The molecule has 0 bridgehead atoms. The zero-order chi connectivity index (χ0) is 12.3. The Morgan fingerprint density at radius 3 is 2.12 bits per heavy atom. The summed E-state index contributed by atoms with van der Waals surface area (Å²) in [7, 11) is -2.96. The van der Waals surface area contributed by atoms with Crippen molar-refractivity contribution in [3.05, 3.63) is 0 Å². The van der Waals surface area contributed by atoms with E-state index in [1.807, 2.05) is 0 Å². The average Bonchev–Trinajstić information content (AvgIpc) is 2.30. The van der Waals surface area contributed by atoms with Crippen molar-refractivity contribution in [2.24, 2.45) is 5.92 Å². The Bertz CT molecular complexity index is 356. The lowest BCUT2D eigenvalue weighted by Gasteiger charge is -2.26. The molecule has 0 aromatic rings. The molecule has 0 saturated heterocycles. The number of carbonyl (C=O) groups excluding carboxylic acids is 1. The van der Waals surface area contributed by atoms with E-state index < -0.39 is 9.84 Å². The van der Waals surface area contributed by atoms with Crippen LogP contribution in [-0.4, -0.2) is 25.2 Å². The smallest absolute Gasteiger partial charge is 0.153 e. The van der Waals surface area contributed by atoms with Crippen LogP contribution in [-0.2, 0) is 14.6 Å². The molecule has 17 heavy (non-hydrogen) atoms. The first-order valence-electron chi connectivity index (χ1n) is 6.81. The van der Waals surface area contributed by atoms with Gasteiger partial charge in [0.1, 0.15) is 5.78 Å². The first-order valence-corrected chi connectivity index (χ1v) is 8.53. The second-order valence-corrected chi connectivity index (χ2v) is 7.90. The minimum absolute atomic E-state index is 0.231. The Labute approximate surface area is 104 Å². The summed E-state index contributed by atoms with van der Waals surface area (Å²) in [6.07, 6.45) is 7.84. The van der Waals surface area contributed by atoms with Crippen molar-refractivity contribution in [1.29, 1.82) is 0 Å². The molecule has 0 unspecified atom stereocenters. The van der Waals surface area contributed by atoms with Gasteiger partial charge in [0, 0.05) is 12.8 Å². The SMILES string of the molecule is O=C1CCC(S(=O)(=O)CC2CCCCC2)CC1. The average molecular weight is 258 g/mol. The quantitative estimate of drug-likeness (QED) is 0.781. The lowest BCUT2D eigenvalue weighted by molar-refractivity contribution is -0.120. The minimum atomic E-state index is -2.96. The highest BCUT2D eigenvalue weighted by molar-refractivity contribution is 7.92. The van der Waals surface area contributed by atoms with Gasteiger partial charge in [-0.15, -0.1) is 0 Å². The zero-order valence-electron chi connectivity index (χ0n) is 10.4. The second-order valence-electron chi connectivity index (χ2n) is 5.57. The van der Waals surface area contributed by atoms with E-state index in [1.54, 1.807) is 0 Å². The van der Waals surface area contributed by atoms with Crippen molar-refractivity contribution in [3.63, 3.8) is 0 Å². The van der Waals surface area contributed by atoms with Crippen LogP contribution >= 0.6 is 0 Å². The van der Waals surface area contributed by atoms with Gasteiger partial charge >= 0.3 is 0 Å². The van der Waals surface area contributed by atoms with Crippen molar-refractivity contribution >= 4 is 15.6 Å². The van der Waals surface area contributed by atoms with E-state index in [4.69, 9.17) is 0 Å². The molecule has 0 N–H and O–H groups in total. The van der Waals surface area contributed by atoms with Crippen molar-refractivity contribution in [2.45, 2.75) is 63.0 Å². The lowest BCUT2D eigenvalue weighted by Crippen LogP contribution is -2.32. The molecule has 2 aliphatic rings. The predicted molar refractivity (Wildman–Crippen MR) is 67.6 cm³/mol. The highest BCUT2D eigenvalue weighted by Gasteiger charge is 2.32. The van der Waals surface area contributed by atoms with Gasteiger partial charge in [0.15, 0.2) is 9.84 Å². The van der Waals surface area contributed by atoms with E-state index in [0.29, 0.717) is 37.4 Å². The van der Waals surface area contributed by atoms with Crippen molar-refractivity contribution in [2.75, 3.05) is 5.75 Å². The van der Waals surface area contributed by atoms with Gasteiger partial charge in [0.2, 0.25) is 0 Å². The van der Waals surface area contributed by atoms with Gasteiger partial charge in [-0.2, -0.15) is 0 Å². The van der Waals surface area contributed by atoms with E-state index in [1.165, 1.54) is 19.3 Å². The fraction of sp³-hybridized carbons (Fsp3) is 0.923. The van der Waals surface area contributed by atoms with Gasteiger partial charge in [0.25, 0.3) is 0 Å². The molecular formula is C13H22O3S. The van der Waals surface area contributed by atoms with Crippen LogP contribution in [0.1, 0.15) is 57.8 Å².